The molecule has 1 N–H and O–H groups in total. The van der Waals surface area contributed by atoms with Gasteiger partial charge in [-0.1, -0.05) is 6.07 Å². The van der Waals surface area contributed by atoms with Gasteiger partial charge in [0.05, 0.1) is 32.5 Å². The van der Waals surface area contributed by atoms with Crippen LogP contribution >= 0.6 is 0 Å². The van der Waals surface area contributed by atoms with E-state index in [9.17, 15) is 0 Å². The van der Waals surface area contributed by atoms with Crippen LogP contribution < -0.4 is 14.2 Å². The smallest absolute Gasteiger partial charge is 0.204 e. The quantitative estimate of drug-likeness (QED) is 0.424. The number of nitrogens with one attached hydrogen (secondary N) is 1. The van der Waals surface area contributed by atoms with Crippen LogP contribution in [0.5, 0.6) is 17.2 Å². The highest BCUT2D eigenvalue weighted by atomic mass is 16.5. The second kappa shape index (κ2) is 8.03. The van der Waals surface area contributed by atoms with E-state index in [1.807, 2.05) is 48.5 Å². The lowest BCUT2D eigenvalue weighted by Gasteiger charge is -2.13. The Morgan fingerprint density at radius 1 is 0.844 bits per heavy atom. The van der Waals surface area contributed by atoms with Crippen LogP contribution in [0.3, 0.4) is 0 Å². The van der Waals surface area contributed by atoms with E-state index < -0.39 is 0 Å². The zero-order valence-electron chi connectivity index (χ0n) is 17.6. The predicted molar refractivity (Wildman–Crippen MR) is 118 cm³/mol. The highest BCUT2D eigenvalue weighted by molar-refractivity contribution is 5.96. The first-order chi connectivity index (χ1) is 15.7. The van der Waals surface area contributed by atoms with Gasteiger partial charge in [0.2, 0.25) is 5.82 Å². The molecule has 0 bridgehead atoms. The van der Waals surface area contributed by atoms with E-state index in [0.717, 1.165) is 22.3 Å². The van der Waals surface area contributed by atoms with Gasteiger partial charge < -0.3 is 18.6 Å². The second-order valence-corrected chi connectivity index (χ2v) is 6.87. The molecule has 0 aliphatic rings. The lowest BCUT2D eigenvalue weighted by atomic mass is 10.0. The van der Waals surface area contributed by atoms with Gasteiger partial charge in [-0.25, -0.2) is 0 Å². The van der Waals surface area contributed by atoms with Crippen molar-refractivity contribution in [2.24, 2.45) is 0 Å². The maximum Gasteiger partial charge on any atom is 0.204 e. The third kappa shape index (κ3) is 3.20. The lowest BCUT2D eigenvalue weighted by molar-refractivity contribution is 0.397. The predicted octanol–water partition coefficient (Wildman–Crippen LogP) is 4.37. The Bertz CT molecular complexity index is 1370. The molecule has 0 saturated carbocycles. The number of ether oxygens (including phenoxy) is 3. The van der Waals surface area contributed by atoms with Crippen molar-refractivity contribution in [2.75, 3.05) is 21.3 Å². The minimum atomic E-state index is 0.475. The van der Waals surface area contributed by atoms with Gasteiger partial charge in [-0.05, 0) is 41.6 Å². The van der Waals surface area contributed by atoms with E-state index in [-0.39, 0.29) is 0 Å². The van der Waals surface area contributed by atoms with Crippen molar-refractivity contribution in [1.29, 1.82) is 0 Å². The monoisotopic (exact) mass is 429 g/mol. The minimum absolute atomic E-state index is 0.475. The molecule has 0 saturated heterocycles. The van der Waals surface area contributed by atoms with Crippen LogP contribution in [-0.4, -0.2) is 46.9 Å². The largest absolute Gasteiger partial charge is 0.496 e. The van der Waals surface area contributed by atoms with Crippen molar-refractivity contribution in [1.82, 2.24) is 25.6 Å². The van der Waals surface area contributed by atoms with Crippen LogP contribution in [0.25, 0.3) is 44.9 Å². The number of H-pyrrole nitrogens is 1. The number of pyridine rings is 1. The molecule has 5 rings (SSSR count). The number of hydrogen-bond acceptors (Lipinski definition) is 8. The van der Waals surface area contributed by atoms with Gasteiger partial charge in [-0.15, -0.1) is 10.2 Å². The summed E-state index contributed by atoms with van der Waals surface area (Å²) in [4.78, 5) is 4.50. The highest BCUT2D eigenvalue weighted by Crippen LogP contribution is 2.43. The molecule has 32 heavy (non-hydrogen) atoms. The van der Waals surface area contributed by atoms with E-state index in [1.54, 1.807) is 27.5 Å². The average molecular weight is 429 g/mol. The third-order valence-electron chi connectivity index (χ3n) is 5.18. The zero-order valence-corrected chi connectivity index (χ0v) is 17.6. The van der Waals surface area contributed by atoms with E-state index >= 15 is 0 Å². The summed E-state index contributed by atoms with van der Waals surface area (Å²) in [6.07, 6.45) is 1.73. The number of fused-ring (bicyclic) bond motifs is 1. The molecule has 3 aromatic heterocycles. The summed E-state index contributed by atoms with van der Waals surface area (Å²) in [6.45, 7) is 0. The summed E-state index contributed by atoms with van der Waals surface area (Å²) in [5, 5.41) is 14.2. The normalized spacial score (nSPS) is 11.0. The molecular formula is C23H19N5O4. The van der Waals surface area contributed by atoms with Crippen LogP contribution in [0.4, 0.5) is 0 Å². The fourth-order valence-corrected chi connectivity index (χ4v) is 3.71. The van der Waals surface area contributed by atoms with Gasteiger partial charge in [-0.3, -0.25) is 4.98 Å². The van der Waals surface area contributed by atoms with E-state index in [1.165, 1.54) is 0 Å². The summed E-state index contributed by atoms with van der Waals surface area (Å²) >= 11 is 0. The first-order valence-corrected chi connectivity index (χ1v) is 9.75. The molecule has 0 radical (unpaired) electrons. The number of aromatic amines is 1. The lowest BCUT2D eigenvalue weighted by Crippen LogP contribution is -1.93. The van der Waals surface area contributed by atoms with Gasteiger partial charge in [0.25, 0.3) is 0 Å². The average Bonchev–Trinajstić information content (AvgIpc) is 3.53. The summed E-state index contributed by atoms with van der Waals surface area (Å²) in [6, 6.07) is 15.0. The fourth-order valence-electron chi connectivity index (χ4n) is 3.71. The van der Waals surface area contributed by atoms with Crippen molar-refractivity contribution >= 4 is 11.1 Å². The summed E-state index contributed by atoms with van der Waals surface area (Å²) in [7, 11) is 4.86. The molecule has 0 atom stereocenters. The Hall–Kier alpha value is -4.40. The van der Waals surface area contributed by atoms with Gasteiger partial charge in [-0.2, -0.15) is 5.21 Å². The van der Waals surface area contributed by atoms with Gasteiger partial charge in [0.15, 0.2) is 5.58 Å². The van der Waals surface area contributed by atoms with Crippen LogP contribution in [0.1, 0.15) is 0 Å². The molecule has 9 nitrogen and oxygen atoms in total. The molecule has 0 amide bonds. The summed E-state index contributed by atoms with van der Waals surface area (Å²) in [5.74, 6) is 3.06. The molecule has 3 heterocycles. The van der Waals surface area contributed by atoms with Gasteiger partial charge in [0.1, 0.15) is 28.5 Å². The molecule has 160 valence electrons. The number of hydrogen-bond donors (Lipinski definition) is 1. The first kappa shape index (κ1) is 19.6. The zero-order chi connectivity index (χ0) is 22.1. The molecule has 5 aromatic rings. The summed E-state index contributed by atoms with van der Waals surface area (Å²) < 4.78 is 23.1. The Kier molecular flexibility index (Phi) is 4.91. The number of rotatable bonds is 6. The molecule has 2 aromatic carbocycles. The second-order valence-electron chi connectivity index (χ2n) is 6.87. The van der Waals surface area contributed by atoms with E-state index in [0.29, 0.717) is 39.9 Å². The van der Waals surface area contributed by atoms with Crippen molar-refractivity contribution in [3.63, 3.8) is 0 Å². The van der Waals surface area contributed by atoms with Crippen LogP contribution in [0.2, 0.25) is 0 Å². The molecular weight excluding hydrogens is 410 g/mol. The van der Waals surface area contributed by atoms with Crippen molar-refractivity contribution in [2.45, 2.75) is 0 Å². The van der Waals surface area contributed by atoms with Gasteiger partial charge in [0, 0.05) is 23.4 Å². The molecule has 0 fully saturated rings. The molecule has 0 spiro atoms. The molecule has 0 aliphatic heterocycles. The van der Waals surface area contributed by atoms with Crippen LogP contribution in [0, 0.1) is 0 Å². The van der Waals surface area contributed by atoms with Crippen molar-refractivity contribution < 1.29 is 18.6 Å². The number of aromatic nitrogens is 5. The first-order valence-electron chi connectivity index (χ1n) is 9.75. The number of benzene rings is 2. The third-order valence-corrected chi connectivity index (χ3v) is 5.18. The Morgan fingerprint density at radius 2 is 1.62 bits per heavy atom. The SMILES string of the molecule is COc1ccc(-c2nn[nH]n2)cc1-c1cc2nccc(-c3c(OC)cccc3OC)c2o1. The van der Waals surface area contributed by atoms with E-state index in [4.69, 9.17) is 18.6 Å². The molecule has 9 heteroatoms. The number of nitrogens with zero attached hydrogens (tertiary/aromatic N) is 4. The van der Waals surface area contributed by atoms with Crippen molar-refractivity contribution in [3.05, 3.63) is 54.7 Å². The van der Waals surface area contributed by atoms with Crippen molar-refractivity contribution in [3.8, 4) is 51.1 Å². The Morgan fingerprint density at radius 3 is 2.31 bits per heavy atom. The number of furan rings is 1. The van der Waals surface area contributed by atoms with Gasteiger partial charge >= 0.3 is 0 Å². The fraction of sp³-hybridized carbons (Fsp3) is 0.130. The molecule has 0 aliphatic carbocycles. The Labute approximate surface area is 183 Å². The maximum absolute atomic E-state index is 6.34. The maximum atomic E-state index is 6.34. The van der Waals surface area contributed by atoms with Crippen LogP contribution in [-0.2, 0) is 0 Å². The van der Waals surface area contributed by atoms with E-state index in [2.05, 4.69) is 25.6 Å². The minimum Gasteiger partial charge on any atom is -0.496 e. The topological polar surface area (TPSA) is 108 Å². The highest BCUT2D eigenvalue weighted by Gasteiger charge is 2.20. The molecule has 0 unspecified atom stereocenters. The Balaban J connectivity index is 1.71. The van der Waals surface area contributed by atoms with Crippen LogP contribution in [0.15, 0.2) is 59.1 Å². The summed E-state index contributed by atoms with van der Waals surface area (Å²) in [5.41, 5.74) is 4.41. The number of methoxy groups -OCH3 is 3. The number of tetrazole rings is 1. The standard InChI is InChI=1S/C23H19N5O4/c1-29-17-8-7-13(23-25-27-28-26-23)11-15(17)20-12-16-22(32-20)14(9-10-24-16)21-18(30-2)5-4-6-19(21)31-3/h4-12H,1-3H3,(H,25,26,27,28).